The Morgan fingerprint density at radius 3 is 2.55 bits per heavy atom. The second-order valence-corrected chi connectivity index (χ2v) is 5.89. The molecule has 0 aliphatic carbocycles. The third-order valence-corrected chi connectivity index (χ3v) is 4.18. The number of aryl methyl sites for hydroxylation is 1. The number of methoxy groups -OCH3 is 1. The molecule has 1 saturated heterocycles. The highest BCUT2D eigenvalue weighted by molar-refractivity contribution is 5.57. The molecule has 0 amide bonds. The van der Waals surface area contributed by atoms with E-state index in [9.17, 15) is 0 Å². The largest absolute Gasteiger partial charge is 0.493 e. The first kappa shape index (κ1) is 16.9. The number of nitrogens with two attached hydrogens (primary N) is 1. The molecular formula is C17H29N3O2. The van der Waals surface area contributed by atoms with E-state index in [0.29, 0.717) is 6.61 Å². The highest BCUT2D eigenvalue weighted by Crippen LogP contribution is 2.34. The van der Waals surface area contributed by atoms with Gasteiger partial charge in [-0.3, -0.25) is 0 Å². The lowest BCUT2D eigenvalue weighted by Gasteiger charge is -2.32. The average Bonchev–Trinajstić information content (AvgIpc) is 2.51. The predicted octanol–water partition coefficient (Wildman–Crippen LogP) is 1.86. The molecule has 2 N–H and O–H groups in total. The molecule has 5 heteroatoms. The average molecular weight is 307 g/mol. The van der Waals surface area contributed by atoms with Gasteiger partial charge >= 0.3 is 0 Å². The van der Waals surface area contributed by atoms with Crippen molar-refractivity contribution in [1.82, 2.24) is 9.80 Å². The van der Waals surface area contributed by atoms with Crippen LogP contribution in [0.2, 0.25) is 0 Å². The summed E-state index contributed by atoms with van der Waals surface area (Å²) in [5, 5.41) is 0. The van der Waals surface area contributed by atoms with Crippen LogP contribution >= 0.6 is 0 Å². The minimum atomic E-state index is 0.631. The molecule has 0 unspecified atom stereocenters. The van der Waals surface area contributed by atoms with Crippen molar-refractivity contribution in [3.8, 4) is 11.5 Å². The lowest BCUT2D eigenvalue weighted by molar-refractivity contribution is 0.153. The van der Waals surface area contributed by atoms with Crippen LogP contribution in [0, 0.1) is 0 Å². The number of nitrogen functional groups attached to an aromatic ring is 1. The van der Waals surface area contributed by atoms with E-state index in [1.165, 1.54) is 0 Å². The van der Waals surface area contributed by atoms with E-state index in [2.05, 4.69) is 16.8 Å². The minimum absolute atomic E-state index is 0.631. The third-order valence-electron chi connectivity index (χ3n) is 4.18. The van der Waals surface area contributed by atoms with Gasteiger partial charge in [-0.15, -0.1) is 0 Å². The highest BCUT2D eigenvalue weighted by atomic mass is 16.5. The Morgan fingerprint density at radius 1 is 1.18 bits per heavy atom. The van der Waals surface area contributed by atoms with Crippen LogP contribution in [-0.4, -0.2) is 63.3 Å². The van der Waals surface area contributed by atoms with Gasteiger partial charge < -0.3 is 25.0 Å². The van der Waals surface area contributed by atoms with Gasteiger partial charge in [0.25, 0.3) is 0 Å². The molecule has 0 bridgehead atoms. The van der Waals surface area contributed by atoms with Crippen LogP contribution in [-0.2, 0) is 6.42 Å². The lowest BCUT2D eigenvalue weighted by Crippen LogP contribution is -2.44. The number of ether oxygens (including phenoxy) is 2. The molecular weight excluding hydrogens is 278 g/mol. The summed E-state index contributed by atoms with van der Waals surface area (Å²) >= 11 is 0. The molecule has 0 radical (unpaired) electrons. The van der Waals surface area contributed by atoms with E-state index < -0.39 is 0 Å². The van der Waals surface area contributed by atoms with Crippen molar-refractivity contribution in [2.24, 2.45) is 0 Å². The Kier molecular flexibility index (Phi) is 6.34. The fraction of sp³-hybridized carbons (Fsp3) is 0.647. The maximum atomic E-state index is 5.98. The summed E-state index contributed by atoms with van der Waals surface area (Å²) in [6.07, 6.45) is 2.07. The van der Waals surface area contributed by atoms with Gasteiger partial charge in [-0.05, 0) is 39.4 Å². The number of benzene rings is 1. The molecule has 0 atom stereocenters. The molecule has 1 aromatic carbocycles. The normalized spacial score (nSPS) is 16.7. The van der Waals surface area contributed by atoms with Gasteiger partial charge in [0.15, 0.2) is 11.5 Å². The second kappa shape index (κ2) is 8.25. The van der Waals surface area contributed by atoms with Gasteiger partial charge in [0.2, 0.25) is 0 Å². The number of nitrogens with zero attached hydrogens (tertiary/aromatic N) is 2. The van der Waals surface area contributed by atoms with E-state index in [1.807, 2.05) is 19.1 Å². The Bertz CT molecular complexity index is 471. The summed E-state index contributed by atoms with van der Waals surface area (Å²) in [5.41, 5.74) is 7.86. The van der Waals surface area contributed by atoms with Crippen LogP contribution in [0.1, 0.15) is 18.9 Å². The van der Waals surface area contributed by atoms with Crippen LogP contribution in [0.4, 0.5) is 5.69 Å². The Labute approximate surface area is 134 Å². The van der Waals surface area contributed by atoms with E-state index in [-0.39, 0.29) is 0 Å². The summed E-state index contributed by atoms with van der Waals surface area (Å²) in [6.45, 7) is 8.39. The zero-order valence-electron chi connectivity index (χ0n) is 14.1. The lowest BCUT2D eigenvalue weighted by atomic mass is 10.1. The van der Waals surface area contributed by atoms with E-state index in [0.717, 1.165) is 68.3 Å². The van der Waals surface area contributed by atoms with Gasteiger partial charge in [0, 0.05) is 43.5 Å². The number of hydrogen-bond donors (Lipinski definition) is 1. The molecule has 1 aliphatic heterocycles. The van der Waals surface area contributed by atoms with Crippen molar-refractivity contribution in [2.75, 3.05) is 59.2 Å². The minimum Gasteiger partial charge on any atom is -0.493 e. The summed E-state index contributed by atoms with van der Waals surface area (Å²) in [5.74, 6) is 1.58. The molecule has 0 aromatic heterocycles. The van der Waals surface area contributed by atoms with Gasteiger partial charge in [-0.2, -0.15) is 0 Å². The van der Waals surface area contributed by atoms with Crippen molar-refractivity contribution in [2.45, 2.75) is 19.8 Å². The number of anilines is 1. The van der Waals surface area contributed by atoms with Crippen LogP contribution in [0.3, 0.4) is 0 Å². The number of piperazine rings is 1. The molecule has 1 aromatic rings. The molecule has 1 aliphatic rings. The van der Waals surface area contributed by atoms with E-state index in [4.69, 9.17) is 15.2 Å². The van der Waals surface area contributed by atoms with Crippen molar-refractivity contribution in [3.63, 3.8) is 0 Å². The standard InChI is InChI=1S/C17H29N3O2/c1-4-22-17-14(12-15(18)13-16(17)21-3)6-5-7-20-10-8-19(2)9-11-20/h12-13H,4-11,18H2,1-3H3. The van der Waals surface area contributed by atoms with Gasteiger partial charge in [0.1, 0.15) is 0 Å². The first-order chi connectivity index (χ1) is 10.6. The van der Waals surface area contributed by atoms with Crippen LogP contribution < -0.4 is 15.2 Å². The van der Waals surface area contributed by atoms with Crippen LogP contribution in [0.15, 0.2) is 12.1 Å². The highest BCUT2D eigenvalue weighted by Gasteiger charge is 2.15. The van der Waals surface area contributed by atoms with Crippen molar-refractivity contribution in [1.29, 1.82) is 0 Å². The van der Waals surface area contributed by atoms with Crippen LogP contribution in [0.25, 0.3) is 0 Å². The molecule has 0 saturated carbocycles. The molecule has 1 heterocycles. The fourth-order valence-electron chi connectivity index (χ4n) is 2.89. The van der Waals surface area contributed by atoms with E-state index in [1.54, 1.807) is 7.11 Å². The monoisotopic (exact) mass is 307 g/mol. The Hall–Kier alpha value is -1.46. The number of hydrogen-bond acceptors (Lipinski definition) is 5. The SMILES string of the molecule is CCOc1c(CCCN2CCN(C)CC2)cc(N)cc1OC. The third kappa shape index (κ3) is 4.52. The molecule has 5 nitrogen and oxygen atoms in total. The van der Waals surface area contributed by atoms with Gasteiger partial charge in [-0.1, -0.05) is 0 Å². The number of likely N-dealkylation sites (N-methyl/N-ethyl adjacent to an activating group) is 1. The Morgan fingerprint density at radius 2 is 1.91 bits per heavy atom. The first-order valence-corrected chi connectivity index (χ1v) is 8.14. The summed E-state index contributed by atoms with van der Waals surface area (Å²) < 4.78 is 11.2. The van der Waals surface area contributed by atoms with Gasteiger partial charge in [0.05, 0.1) is 13.7 Å². The summed E-state index contributed by atoms with van der Waals surface area (Å²) in [7, 11) is 3.84. The molecule has 0 spiro atoms. The van der Waals surface area contributed by atoms with Crippen LogP contribution in [0.5, 0.6) is 11.5 Å². The zero-order chi connectivity index (χ0) is 15.9. The molecule has 124 valence electrons. The summed E-state index contributed by atoms with van der Waals surface area (Å²) in [6, 6.07) is 3.84. The smallest absolute Gasteiger partial charge is 0.164 e. The fourth-order valence-corrected chi connectivity index (χ4v) is 2.89. The molecule has 1 fully saturated rings. The van der Waals surface area contributed by atoms with Crippen molar-refractivity contribution < 1.29 is 9.47 Å². The predicted molar refractivity (Wildman–Crippen MR) is 90.8 cm³/mol. The number of rotatable bonds is 7. The Balaban J connectivity index is 1.95. The topological polar surface area (TPSA) is 51.0 Å². The molecule has 2 rings (SSSR count). The van der Waals surface area contributed by atoms with E-state index >= 15 is 0 Å². The summed E-state index contributed by atoms with van der Waals surface area (Å²) in [4.78, 5) is 4.91. The quantitative estimate of drug-likeness (QED) is 0.779. The van der Waals surface area contributed by atoms with Crippen molar-refractivity contribution in [3.05, 3.63) is 17.7 Å². The first-order valence-electron chi connectivity index (χ1n) is 8.14. The maximum Gasteiger partial charge on any atom is 0.164 e. The van der Waals surface area contributed by atoms with Gasteiger partial charge in [-0.25, -0.2) is 0 Å². The molecule has 22 heavy (non-hydrogen) atoms. The maximum absolute atomic E-state index is 5.98. The van der Waals surface area contributed by atoms with Crippen molar-refractivity contribution >= 4 is 5.69 Å². The zero-order valence-corrected chi connectivity index (χ0v) is 14.1. The second-order valence-electron chi connectivity index (χ2n) is 5.89.